The van der Waals surface area contributed by atoms with Gasteiger partial charge >= 0.3 is 6.18 Å². The quantitative estimate of drug-likeness (QED) is 0.562. The Bertz CT molecular complexity index is 994. The van der Waals surface area contributed by atoms with E-state index >= 15 is 0 Å². The first-order valence-corrected chi connectivity index (χ1v) is 10.2. The summed E-state index contributed by atoms with van der Waals surface area (Å²) >= 11 is 0. The Kier molecular flexibility index (Phi) is 5.92. The Balaban J connectivity index is 1.88. The third-order valence-corrected chi connectivity index (χ3v) is 6.34. The summed E-state index contributed by atoms with van der Waals surface area (Å²) in [6.07, 6.45) is -3.96. The number of benzene rings is 2. The number of nitrogens with zero attached hydrogens (tertiary/aromatic N) is 1. The van der Waals surface area contributed by atoms with Crippen molar-refractivity contribution in [3.63, 3.8) is 0 Å². The SMILES string of the molecule is O=[N+]([O-])c1ccccc1S(=O)(=O)NC1CNCCC1c1ccc(C(F)(F)F)cc1. The molecule has 11 heteroatoms. The van der Waals surface area contributed by atoms with Crippen LogP contribution >= 0.6 is 0 Å². The van der Waals surface area contributed by atoms with Gasteiger partial charge in [-0.2, -0.15) is 13.2 Å². The fourth-order valence-corrected chi connectivity index (χ4v) is 4.85. The molecular weight excluding hydrogens is 411 g/mol. The van der Waals surface area contributed by atoms with Crippen LogP contribution in [-0.4, -0.2) is 32.5 Å². The number of hydrogen-bond acceptors (Lipinski definition) is 5. The number of nitro benzene ring substituents is 1. The molecule has 2 unspecified atom stereocenters. The molecule has 0 radical (unpaired) electrons. The summed E-state index contributed by atoms with van der Waals surface area (Å²) in [6, 6.07) is 8.92. The molecule has 0 amide bonds. The van der Waals surface area contributed by atoms with E-state index in [4.69, 9.17) is 0 Å². The van der Waals surface area contributed by atoms with Gasteiger partial charge in [0.25, 0.3) is 5.69 Å². The number of alkyl halides is 3. The lowest BCUT2D eigenvalue weighted by atomic mass is 9.86. The van der Waals surface area contributed by atoms with Gasteiger partial charge in [0.1, 0.15) is 0 Å². The number of sulfonamides is 1. The highest BCUT2D eigenvalue weighted by Gasteiger charge is 2.34. The van der Waals surface area contributed by atoms with Gasteiger partial charge in [0, 0.05) is 24.6 Å². The van der Waals surface area contributed by atoms with E-state index in [2.05, 4.69) is 10.0 Å². The minimum absolute atomic E-state index is 0.242. The van der Waals surface area contributed by atoms with Gasteiger partial charge < -0.3 is 5.32 Å². The largest absolute Gasteiger partial charge is 0.416 e. The van der Waals surface area contributed by atoms with Crippen molar-refractivity contribution in [1.82, 2.24) is 10.0 Å². The molecule has 0 aromatic heterocycles. The van der Waals surface area contributed by atoms with Crippen molar-refractivity contribution in [3.8, 4) is 0 Å². The number of nitrogens with one attached hydrogen (secondary N) is 2. The Morgan fingerprint density at radius 3 is 2.38 bits per heavy atom. The second-order valence-electron chi connectivity index (χ2n) is 6.67. The molecule has 2 aromatic rings. The third-order valence-electron chi connectivity index (χ3n) is 4.81. The summed E-state index contributed by atoms with van der Waals surface area (Å²) < 4.78 is 66.5. The van der Waals surface area contributed by atoms with E-state index in [0.717, 1.165) is 24.3 Å². The number of rotatable bonds is 5. The van der Waals surface area contributed by atoms with Gasteiger partial charge in [0.2, 0.25) is 10.0 Å². The smallest absolute Gasteiger partial charge is 0.315 e. The van der Waals surface area contributed by atoms with Gasteiger partial charge in [-0.25, -0.2) is 13.1 Å². The predicted molar refractivity (Wildman–Crippen MR) is 98.9 cm³/mol. The van der Waals surface area contributed by atoms with Gasteiger partial charge in [0.15, 0.2) is 4.90 Å². The van der Waals surface area contributed by atoms with Crippen molar-refractivity contribution in [2.45, 2.75) is 29.5 Å². The number of halogens is 3. The molecule has 156 valence electrons. The summed E-state index contributed by atoms with van der Waals surface area (Å²) in [5, 5.41) is 14.2. The van der Waals surface area contributed by atoms with Crippen molar-refractivity contribution in [1.29, 1.82) is 0 Å². The first-order chi connectivity index (χ1) is 13.6. The van der Waals surface area contributed by atoms with Gasteiger partial charge in [-0.3, -0.25) is 10.1 Å². The van der Waals surface area contributed by atoms with Crippen LogP contribution in [0.5, 0.6) is 0 Å². The molecule has 2 N–H and O–H groups in total. The summed E-state index contributed by atoms with van der Waals surface area (Å²) in [7, 11) is -4.22. The Morgan fingerprint density at radius 1 is 1.10 bits per heavy atom. The first kappa shape index (κ1) is 21.2. The Hall–Kier alpha value is -2.50. The van der Waals surface area contributed by atoms with Crippen molar-refractivity contribution < 1.29 is 26.5 Å². The fraction of sp³-hybridized carbons (Fsp3) is 0.333. The average molecular weight is 429 g/mol. The van der Waals surface area contributed by atoms with Crippen LogP contribution in [0.2, 0.25) is 0 Å². The van der Waals surface area contributed by atoms with E-state index in [1.165, 1.54) is 24.3 Å². The molecule has 0 bridgehead atoms. The molecule has 2 aromatic carbocycles. The minimum Gasteiger partial charge on any atom is -0.315 e. The van der Waals surface area contributed by atoms with Crippen LogP contribution in [0.25, 0.3) is 0 Å². The van der Waals surface area contributed by atoms with Gasteiger partial charge in [0.05, 0.1) is 10.5 Å². The summed E-state index contributed by atoms with van der Waals surface area (Å²) in [5.74, 6) is -0.379. The standard InChI is InChI=1S/C18H18F3N3O4S/c19-18(20,21)13-7-5-12(6-8-13)14-9-10-22-11-15(14)23-29(27,28)17-4-2-1-3-16(17)24(25)26/h1-8,14-15,22-23H,9-11H2. The highest BCUT2D eigenvalue weighted by atomic mass is 32.2. The number of nitro groups is 1. The Labute approximate surface area is 165 Å². The summed E-state index contributed by atoms with van der Waals surface area (Å²) in [4.78, 5) is 9.93. The zero-order chi connectivity index (χ0) is 21.2. The summed E-state index contributed by atoms with van der Waals surface area (Å²) in [5.41, 5.74) is -0.767. The van der Waals surface area contributed by atoms with Crippen molar-refractivity contribution in [2.75, 3.05) is 13.1 Å². The van der Waals surface area contributed by atoms with E-state index < -0.39 is 43.3 Å². The van der Waals surface area contributed by atoms with Crippen LogP contribution in [-0.2, 0) is 16.2 Å². The van der Waals surface area contributed by atoms with Crippen LogP contribution in [0.3, 0.4) is 0 Å². The molecule has 0 aliphatic carbocycles. The van der Waals surface area contributed by atoms with Crippen LogP contribution in [0.1, 0.15) is 23.5 Å². The van der Waals surface area contributed by atoms with E-state index in [1.54, 1.807) is 0 Å². The fourth-order valence-electron chi connectivity index (χ4n) is 3.40. The first-order valence-electron chi connectivity index (χ1n) is 8.73. The third kappa shape index (κ3) is 4.74. The molecule has 3 rings (SSSR count). The highest BCUT2D eigenvalue weighted by molar-refractivity contribution is 7.89. The van der Waals surface area contributed by atoms with Crippen LogP contribution < -0.4 is 10.0 Å². The zero-order valence-corrected chi connectivity index (χ0v) is 15.8. The average Bonchev–Trinajstić information content (AvgIpc) is 2.67. The molecule has 0 spiro atoms. The lowest BCUT2D eigenvalue weighted by Gasteiger charge is -2.33. The highest BCUT2D eigenvalue weighted by Crippen LogP contribution is 2.33. The predicted octanol–water partition coefficient (Wildman–Crippen LogP) is 3.04. The molecule has 1 fully saturated rings. The van der Waals surface area contributed by atoms with Crippen LogP contribution in [0.4, 0.5) is 18.9 Å². The minimum atomic E-state index is -4.46. The maximum Gasteiger partial charge on any atom is 0.416 e. The molecule has 1 heterocycles. The maximum absolute atomic E-state index is 12.8. The van der Waals surface area contributed by atoms with Gasteiger partial charge in [-0.15, -0.1) is 0 Å². The van der Waals surface area contributed by atoms with Gasteiger partial charge in [-0.05, 0) is 36.7 Å². The summed E-state index contributed by atoms with van der Waals surface area (Å²) in [6.45, 7) is 0.806. The molecule has 1 aliphatic heterocycles. The van der Waals surface area contributed by atoms with Crippen molar-refractivity contribution in [3.05, 3.63) is 69.8 Å². The molecule has 1 aliphatic rings. The monoisotopic (exact) mass is 429 g/mol. The second kappa shape index (κ2) is 8.09. The molecule has 2 atom stereocenters. The Morgan fingerprint density at radius 2 is 1.76 bits per heavy atom. The molecular formula is C18H18F3N3O4S. The zero-order valence-electron chi connectivity index (χ0n) is 15.0. The normalized spacial score (nSPS) is 20.4. The lowest BCUT2D eigenvalue weighted by molar-refractivity contribution is -0.387. The van der Waals surface area contributed by atoms with Gasteiger partial charge in [-0.1, -0.05) is 24.3 Å². The van der Waals surface area contributed by atoms with E-state index in [1.807, 2.05) is 0 Å². The molecule has 7 nitrogen and oxygen atoms in total. The topological polar surface area (TPSA) is 101 Å². The molecule has 0 saturated carbocycles. The van der Waals surface area contributed by atoms with E-state index in [-0.39, 0.29) is 12.5 Å². The molecule has 29 heavy (non-hydrogen) atoms. The van der Waals surface area contributed by atoms with Crippen molar-refractivity contribution in [2.24, 2.45) is 0 Å². The van der Waals surface area contributed by atoms with E-state index in [9.17, 15) is 31.7 Å². The van der Waals surface area contributed by atoms with Crippen molar-refractivity contribution >= 4 is 15.7 Å². The second-order valence-corrected chi connectivity index (χ2v) is 8.35. The molecule has 1 saturated heterocycles. The number of hydrogen-bond donors (Lipinski definition) is 2. The number of para-hydroxylation sites is 1. The van der Waals surface area contributed by atoms with E-state index in [0.29, 0.717) is 18.5 Å². The maximum atomic E-state index is 12.8. The van der Waals surface area contributed by atoms with Crippen LogP contribution in [0.15, 0.2) is 53.4 Å². The number of piperidine rings is 1. The lowest BCUT2D eigenvalue weighted by Crippen LogP contribution is -2.49. The van der Waals surface area contributed by atoms with Crippen LogP contribution in [0, 0.1) is 10.1 Å².